The quantitative estimate of drug-likeness (QED) is 0.684. The largest absolute Gasteiger partial charge is 0.317 e. The highest BCUT2D eigenvalue weighted by Crippen LogP contribution is 2.21. The number of piperazine rings is 1. The van der Waals surface area contributed by atoms with Crippen molar-refractivity contribution in [2.24, 2.45) is 0 Å². The lowest BCUT2D eigenvalue weighted by atomic mass is 10.1. The van der Waals surface area contributed by atoms with Crippen LogP contribution < -0.4 is 5.32 Å². The molecule has 0 amide bonds. The molecule has 0 spiro atoms. The molecule has 0 aromatic carbocycles. The molecular weight excluding hydrogens is 198 g/mol. The summed E-state index contributed by atoms with van der Waals surface area (Å²) >= 11 is 0. The minimum atomic E-state index is 0.891. The summed E-state index contributed by atoms with van der Waals surface area (Å²) in [6.07, 6.45) is 5.56. The number of unbranched alkanes of at least 4 members (excludes halogenated alkanes) is 1. The van der Waals surface area contributed by atoms with Gasteiger partial charge in [0.05, 0.1) is 0 Å². The molecule has 94 valence electrons. The van der Waals surface area contributed by atoms with Gasteiger partial charge in [-0.25, -0.2) is 0 Å². The van der Waals surface area contributed by atoms with Crippen molar-refractivity contribution in [3.8, 4) is 0 Å². The van der Waals surface area contributed by atoms with Gasteiger partial charge in [-0.05, 0) is 51.9 Å². The molecule has 0 saturated carbocycles. The predicted octanol–water partition coefficient (Wildman–Crippen LogP) is 1.16. The first-order valence-corrected chi connectivity index (χ1v) is 7.07. The zero-order chi connectivity index (χ0) is 11.2. The van der Waals surface area contributed by atoms with Gasteiger partial charge in [0.15, 0.2) is 0 Å². The molecule has 0 aliphatic carbocycles. The first-order valence-electron chi connectivity index (χ1n) is 7.07. The molecule has 0 radical (unpaired) electrons. The normalized spacial score (nSPS) is 27.2. The number of hydrogen-bond acceptors (Lipinski definition) is 3. The molecule has 2 aliphatic heterocycles. The highest BCUT2D eigenvalue weighted by Gasteiger charge is 2.29. The van der Waals surface area contributed by atoms with Crippen LogP contribution in [0, 0.1) is 0 Å². The number of nitrogens with zero attached hydrogens (tertiary/aromatic N) is 2. The monoisotopic (exact) mass is 225 g/mol. The number of rotatable bonds is 6. The molecule has 2 fully saturated rings. The van der Waals surface area contributed by atoms with Gasteiger partial charge in [-0.2, -0.15) is 0 Å². The van der Waals surface area contributed by atoms with E-state index in [4.69, 9.17) is 0 Å². The zero-order valence-corrected chi connectivity index (χ0v) is 10.7. The Bertz CT molecular complexity index is 196. The Morgan fingerprint density at radius 1 is 1.19 bits per heavy atom. The van der Waals surface area contributed by atoms with Crippen LogP contribution in [0.1, 0.15) is 32.6 Å². The van der Waals surface area contributed by atoms with Crippen LogP contribution in [0.15, 0.2) is 0 Å². The first-order chi connectivity index (χ1) is 7.90. The summed E-state index contributed by atoms with van der Waals surface area (Å²) < 4.78 is 0. The average molecular weight is 225 g/mol. The van der Waals surface area contributed by atoms with E-state index < -0.39 is 0 Å². The van der Waals surface area contributed by atoms with Crippen LogP contribution in [-0.4, -0.2) is 61.7 Å². The van der Waals surface area contributed by atoms with Crippen molar-refractivity contribution >= 4 is 0 Å². The van der Waals surface area contributed by atoms with Crippen molar-refractivity contribution in [3.05, 3.63) is 0 Å². The molecule has 2 aliphatic rings. The van der Waals surface area contributed by atoms with Crippen molar-refractivity contribution in [3.63, 3.8) is 0 Å². The number of hydrogen-bond donors (Lipinski definition) is 1. The molecule has 2 saturated heterocycles. The fraction of sp³-hybridized carbons (Fsp3) is 1.00. The third-order valence-corrected chi connectivity index (χ3v) is 4.00. The molecule has 0 aromatic heterocycles. The van der Waals surface area contributed by atoms with E-state index in [0.717, 1.165) is 12.6 Å². The molecule has 0 bridgehead atoms. The van der Waals surface area contributed by atoms with Crippen LogP contribution in [0.4, 0.5) is 0 Å². The van der Waals surface area contributed by atoms with E-state index in [-0.39, 0.29) is 0 Å². The smallest absolute Gasteiger partial charge is 0.0224 e. The molecule has 16 heavy (non-hydrogen) atoms. The van der Waals surface area contributed by atoms with E-state index >= 15 is 0 Å². The molecular formula is C13H27N3. The Hall–Kier alpha value is -0.120. The SMILES string of the molecule is CCNCCCCN1CCN2CCCC2C1. The Morgan fingerprint density at radius 2 is 2.12 bits per heavy atom. The Labute approximate surface area is 100 Å². The summed E-state index contributed by atoms with van der Waals surface area (Å²) in [5, 5.41) is 3.40. The summed E-state index contributed by atoms with van der Waals surface area (Å²) in [5.41, 5.74) is 0. The van der Waals surface area contributed by atoms with Gasteiger partial charge in [0.2, 0.25) is 0 Å². The summed E-state index contributed by atoms with van der Waals surface area (Å²) in [4.78, 5) is 5.37. The molecule has 2 rings (SSSR count). The molecule has 1 unspecified atom stereocenters. The summed E-state index contributed by atoms with van der Waals surface area (Å²) in [6, 6.07) is 0.891. The second kappa shape index (κ2) is 6.58. The lowest BCUT2D eigenvalue weighted by Crippen LogP contribution is -2.50. The highest BCUT2D eigenvalue weighted by atomic mass is 15.3. The lowest BCUT2D eigenvalue weighted by molar-refractivity contribution is 0.103. The third kappa shape index (κ3) is 3.44. The fourth-order valence-electron chi connectivity index (χ4n) is 3.02. The Kier molecular flexibility index (Phi) is 5.07. The van der Waals surface area contributed by atoms with Crippen LogP contribution in [-0.2, 0) is 0 Å². The molecule has 1 N–H and O–H groups in total. The topological polar surface area (TPSA) is 18.5 Å². The Balaban J connectivity index is 1.56. The predicted molar refractivity (Wildman–Crippen MR) is 68.8 cm³/mol. The highest BCUT2D eigenvalue weighted by molar-refractivity contribution is 4.86. The lowest BCUT2D eigenvalue weighted by Gasteiger charge is -2.37. The van der Waals surface area contributed by atoms with Gasteiger partial charge in [0, 0.05) is 25.7 Å². The van der Waals surface area contributed by atoms with E-state index in [0.29, 0.717) is 0 Å². The molecule has 0 aromatic rings. The van der Waals surface area contributed by atoms with Crippen molar-refractivity contribution in [2.75, 3.05) is 45.8 Å². The summed E-state index contributed by atoms with van der Waals surface area (Å²) in [5.74, 6) is 0. The van der Waals surface area contributed by atoms with E-state index in [1.807, 2.05) is 0 Å². The minimum absolute atomic E-state index is 0.891. The van der Waals surface area contributed by atoms with Crippen LogP contribution in [0.2, 0.25) is 0 Å². The standard InChI is InChI=1S/C13H27N3/c1-2-14-7-3-4-8-15-10-11-16-9-5-6-13(16)12-15/h13-14H,2-12H2,1H3. The maximum atomic E-state index is 3.40. The maximum absolute atomic E-state index is 3.40. The van der Waals surface area contributed by atoms with Gasteiger partial charge in [0.25, 0.3) is 0 Å². The maximum Gasteiger partial charge on any atom is 0.0224 e. The van der Waals surface area contributed by atoms with Crippen molar-refractivity contribution < 1.29 is 0 Å². The van der Waals surface area contributed by atoms with Gasteiger partial charge >= 0.3 is 0 Å². The molecule has 3 nitrogen and oxygen atoms in total. The van der Waals surface area contributed by atoms with Crippen LogP contribution in [0.25, 0.3) is 0 Å². The van der Waals surface area contributed by atoms with Crippen LogP contribution in [0.3, 0.4) is 0 Å². The third-order valence-electron chi connectivity index (χ3n) is 4.00. The van der Waals surface area contributed by atoms with Crippen LogP contribution >= 0.6 is 0 Å². The molecule has 2 heterocycles. The fourth-order valence-corrected chi connectivity index (χ4v) is 3.02. The zero-order valence-electron chi connectivity index (χ0n) is 10.7. The van der Waals surface area contributed by atoms with Gasteiger partial charge in [-0.1, -0.05) is 6.92 Å². The van der Waals surface area contributed by atoms with Gasteiger partial charge in [-0.3, -0.25) is 4.90 Å². The molecule has 1 atom stereocenters. The minimum Gasteiger partial charge on any atom is -0.317 e. The average Bonchev–Trinajstić information content (AvgIpc) is 2.76. The van der Waals surface area contributed by atoms with Gasteiger partial charge < -0.3 is 10.2 Å². The van der Waals surface area contributed by atoms with Crippen LogP contribution in [0.5, 0.6) is 0 Å². The van der Waals surface area contributed by atoms with Crippen molar-refractivity contribution in [2.45, 2.75) is 38.6 Å². The Morgan fingerprint density at radius 3 is 3.00 bits per heavy atom. The van der Waals surface area contributed by atoms with E-state index in [1.54, 1.807) is 0 Å². The van der Waals surface area contributed by atoms with Crippen molar-refractivity contribution in [1.29, 1.82) is 0 Å². The number of fused-ring (bicyclic) bond motifs is 1. The van der Waals surface area contributed by atoms with E-state index in [2.05, 4.69) is 22.0 Å². The van der Waals surface area contributed by atoms with E-state index in [1.165, 1.54) is 65.0 Å². The second-order valence-electron chi connectivity index (χ2n) is 5.19. The van der Waals surface area contributed by atoms with Gasteiger partial charge in [0.1, 0.15) is 0 Å². The first kappa shape index (κ1) is 12.3. The summed E-state index contributed by atoms with van der Waals surface area (Å²) in [7, 11) is 0. The summed E-state index contributed by atoms with van der Waals surface area (Å²) in [6.45, 7) is 11.1. The second-order valence-corrected chi connectivity index (χ2v) is 5.19. The van der Waals surface area contributed by atoms with Crippen molar-refractivity contribution in [1.82, 2.24) is 15.1 Å². The van der Waals surface area contributed by atoms with E-state index in [9.17, 15) is 0 Å². The van der Waals surface area contributed by atoms with Gasteiger partial charge in [-0.15, -0.1) is 0 Å². The molecule has 3 heteroatoms. The number of nitrogens with one attached hydrogen (secondary N) is 1.